The maximum atomic E-state index is 11.7. The Morgan fingerprint density at radius 2 is 2.27 bits per heavy atom. The number of nitrogens with one attached hydrogen (secondary N) is 1. The maximum Gasteiger partial charge on any atom is 0.166 e. The molecule has 82 valence electrons. The van der Waals surface area contributed by atoms with Crippen LogP contribution in [-0.4, -0.2) is 18.9 Å². The minimum atomic E-state index is 0.210. The summed E-state index contributed by atoms with van der Waals surface area (Å²) in [6, 6.07) is 1.74. The molecule has 0 radical (unpaired) electrons. The van der Waals surface area contributed by atoms with Crippen LogP contribution in [0.5, 0.6) is 0 Å². The van der Waals surface area contributed by atoms with Crippen molar-refractivity contribution in [1.29, 1.82) is 0 Å². The van der Waals surface area contributed by atoms with Crippen LogP contribution in [0.1, 0.15) is 36.0 Å². The highest BCUT2D eigenvalue weighted by Crippen LogP contribution is 2.19. The number of furan rings is 1. The number of piperidine rings is 1. The molecule has 2 rings (SSSR count). The van der Waals surface area contributed by atoms with Crippen LogP contribution in [0.2, 0.25) is 0 Å². The van der Waals surface area contributed by atoms with E-state index in [2.05, 4.69) is 5.32 Å². The summed E-state index contributed by atoms with van der Waals surface area (Å²) < 4.78 is 4.90. The zero-order valence-corrected chi connectivity index (χ0v) is 8.87. The first-order valence-electron chi connectivity index (χ1n) is 5.62. The van der Waals surface area contributed by atoms with Gasteiger partial charge in [0.2, 0.25) is 0 Å². The van der Waals surface area contributed by atoms with Gasteiger partial charge in [0.15, 0.2) is 5.78 Å². The third-order valence-corrected chi connectivity index (χ3v) is 3.08. The third kappa shape index (κ3) is 2.93. The van der Waals surface area contributed by atoms with Crippen molar-refractivity contribution in [2.45, 2.75) is 25.7 Å². The Hall–Kier alpha value is -1.09. The molecule has 0 unspecified atom stereocenters. The van der Waals surface area contributed by atoms with Crippen molar-refractivity contribution >= 4 is 5.78 Å². The van der Waals surface area contributed by atoms with Crippen LogP contribution < -0.4 is 5.32 Å². The summed E-state index contributed by atoms with van der Waals surface area (Å²) in [5.41, 5.74) is 0.712. The number of hydrogen-bond acceptors (Lipinski definition) is 3. The lowest BCUT2D eigenvalue weighted by Gasteiger charge is -2.21. The van der Waals surface area contributed by atoms with Crippen LogP contribution in [-0.2, 0) is 0 Å². The van der Waals surface area contributed by atoms with Crippen LogP contribution >= 0.6 is 0 Å². The van der Waals surface area contributed by atoms with E-state index in [9.17, 15) is 4.79 Å². The molecule has 1 fully saturated rings. The highest BCUT2D eigenvalue weighted by Gasteiger charge is 2.15. The second-order valence-electron chi connectivity index (χ2n) is 4.17. The van der Waals surface area contributed by atoms with E-state index in [-0.39, 0.29) is 5.78 Å². The predicted molar refractivity (Wildman–Crippen MR) is 57.9 cm³/mol. The molecule has 0 amide bonds. The molecule has 15 heavy (non-hydrogen) atoms. The Balaban J connectivity index is 1.75. The van der Waals surface area contributed by atoms with Crippen molar-refractivity contribution in [3.05, 3.63) is 24.2 Å². The van der Waals surface area contributed by atoms with Crippen molar-refractivity contribution in [1.82, 2.24) is 5.32 Å². The molecule has 0 aromatic carbocycles. The Morgan fingerprint density at radius 1 is 1.47 bits per heavy atom. The lowest BCUT2D eigenvalue weighted by molar-refractivity contribution is 0.0970. The van der Waals surface area contributed by atoms with Gasteiger partial charge in [-0.3, -0.25) is 4.79 Å². The average Bonchev–Trinajstić information content (AvgIpc) is 2.81. The molecule has 1 aliphatic heterocycles. The largest absolute Gasteiger partial charge is 0.472 e. The van der Waals surface area contributed by atoms with E-state index < -0.39 is 0 Å². The topological polar surface area (TPSA) is 42.2 Å². The van der Waals surface area contributed by atoms with Gasteiger partial charge in [0.25, 0.3) is 0 Å². The average molecular weight is 207 g/mol. The van der Waals surface area contributed by atoms with Crippen LogP contribution in [0.15, 0.2) is 23.0 Å². The summed E-state index contributed by atoms with van der Waals surface area (Å²) >= 11 is 0. The van der Waals surface area contributed by atoms with E-state index in [4.69, 9.17) is 4.42 Å². The fourth-order valence-corrected chi connectivity index (χ4v) is 2.07. The van der Waals surface area contributed by atoms with E-state index in [0.29, 0.717) is 12.0 Å². The molecule has 3 heteroatoms. The van der Waals surface area contributed by atoms with Gasteiger partial charge in [0.05, 0.1) is 11.8 Å². The van der Waals surface area contributed by atoms with Gasteiger partial charge in [-0.25, -0.2) is 0 Å². The van der Waals surface area contributed by atoms with E-state index in [0.717, 1.165) is 25.4 Å². The van der Waals surface area contributed by atoms with Crippen molar-refractivity contribution in [3.8, 4) is 0 Å². The van der Waals surface area contributed by atoms with Gasteiger partial charge in [-0.2, -0.15) is 0 Å². The monoisotopic (exact) mass is 207 g/mol. The number of ketones is 1. The first-order chi connectivity index (χ1) is 7.36. The number of carbonyl (C=O) groups is 1. The van der Waals surface area contributed by atoms with Gasteiger partial charge in [-0.1, -0.05) is 0 Å². The molecule has 0 spiro atoms. The van der Waals surface area contributed by atoms with Crippen LogP contribution in [0, 0.1) is 5.92 Å². The van der Waals surface area contributed by atoms with Crippen molar-refractivity contribution < 1.29 is 9.21 Å². The molecule has 0 atom stereocenters. The van der Waals surface area contributed by atoms with Gasteiger partial charge in [0.1, 0.15) is 6.26 Å². The van der Waals surface area contributed by atoms with Gasteiger partial charge < -0.3 is 9.73 Å². The van der Waals surface area contributed by atoms with Crippen molar-refractivity contribution in [2.75, 3.05) is 13.1 Å². The summed E-state index contributed by atoms with van der Waals surface area (Å²) in [6.07, 6.45) is 7.18. The standard InChI is InChI=1S/C12H17NO2/c14-12(11-5-8-15-9-11)2-1-10-3-6-13-7-4-10/h5,8-10,13H,1-4,6-7H2. The Morgan fingerprint density at radius 3 is 2.93 bits per heavy atom. The van der Waals surface area contributed by atoms with Crippen molar-refractivity contribution in [3.63, 3.8) is 0 Å². The second-order valence-corrected chi connectivity index (χ2v) is 4.17. The van der Waals surface area contributed by atoms with Crippen LogP contribution in [0.25, 0.3) is 0 Å². The molecule has 2 heterocycles. The van der Waals surface area contributed by atoms with Gasteiger partial charge in [-0.05, 0) is 44.3 Å². The zero-order chi connectivity index (χ0) is 10.5. The molecule has 0 saturated carbocycles. The van der Waals surface area contributed by atoms with Crippen LogP contribution in [0.4, 0.5) is 0 Å². The highest BCUT2D eigenvalue weighted by molar-refractivity contribution is 5.95. The summed E-state index contributed by atoms with van der Waals surface area (Å²) in [6.45, 7) is 2.20. The zero-order valence-electron chi connectivity index (χ0n) is 8.87. The predicted octanol–water partition coefficient (Wildman–Crippen LogP) is 2.24. The van der Waals surface area contributed by atoms with E-state index in [1.54, 1.807) is 12.3 Å². The third-order valence-electron chi connectivity index (χ3n) is 3.08. The first kappa shape index (κ1) is 10.4. The summed E-state index contributed by atoms with van der Waals surface area (Å²) in [5.74, 6) is 0.935. The number of rotatable bonds is 4. The van der Waals surface area contributed by atoms with Gasteiger partial charge in [-0.15, -0.1) is 0 Å². The number of carbonyl (C=O) groups excluding carboxylic acids is 1. The van der Waals surface area contributed by atoms with Gasteiger partial charge in [0, 0.05) is 6.42 Å². The lowest BCUT2D eigenvalue weighted by atomic mass is 9.91. The number of Topliss-reactive ketones (excluding diaryl/α,β-unsaturated/α-hetero) is 1. The lowest BCUT2D eigenvalue weighted by Crippen LogP contribution is -2.27. The van der Waals surface area contributed by atoms with E-state index >= 15 is 0 Å². The molecule has 1 aliphatic rings. The van der Waals surface area contributed by atoms with Crippen LogP contribution in [0.3, 0.4) is 0 Å². The molecule has 1 aromatic heterocycles. The SMILES string of the molecule is O=C(CCC1CCNCC1)c1ccoc1. The molecular formula is C12H17NO2. The second kappa shape index (κ2) is 5.12. The first-order valence-corrected chi connectivity index (χ1v) is 5.62. The Kier molecular flexibility index (Phi) is 3.56. The van der Waals surface area contributed by atoms with Crippen molar-refractivity contribution in [2.24, 2.45) is 5.92 Å². The molecule has 3 nitrogen and oxygen atoms in total. The quantitative estimate of drug-likeness (QED) is 0.770. The summed E-state index contributed by atoms with van der Waals surface area (Å²) in [4.78, 5) is 11.7. The Bertz CT molecular complexity index is 299. The summed E-state index contributed by atoms with van der Waals surface area (Å²) in [7, 11) is 0. The molecule has 0 bridgehead atoms. The minimum Gasteiger partial charge on any atom is -0.472 e. The smallest absolute Gasteiger partial charge is 0.166 e. The fraction of sp³-hybridized carbons (Fsp3) is 0.583. The number of hydrogen-bond donors (Lipinski definition) is 1. The molecule has 1 saturated heterocycles. The fourth-order valence-electron chi connectivity index (χ4n) is 2.07. The van der Waals surface area contributed by atoms with Gasteiger partial charge >= 0.3 is 0 Å². The molecule has 0 aliphatic carbocycles. The molecule has 1 N–H and O–H groups in total. The summed E-state index contributed by atoms with van der Waals surface area (Å²) in [5, 5.41) is 3.33. The normalized spacial score (nSPS) is 17.9. The minimum absolute atomic E-state index is 0.210. The Labute approximate surface area is 89.9 Å². The van der Waals surface area contributed by atoms with E-state index in [1.165, 1.54) is 19.1 Å². The maximum absolute atomic E-state index is 11.7. The van der Waals surface area contributed by atoms with E-state index in [1.807, 2.05) is 0 Å². The molecule has 1 aromatic rings. The highest BCUT2D eigenvalue weighted by atomic mass is 16.3. The molecular weight excluding hydrogens is 190 g/mol.